The average molecular weight is 505 g/mol. The van der Waals surface area contributed by atoms with Crippen molar-refractivity contribution in [3.05, 3.63) is 60.4 Å². The summed E-state index contributed by atoms with van der Waals surface area (Å²) < 4.78 is 4.98. The molecule has 0 spiro atoms. The fraction of sp³-hybridized carbons (Fsp3) is 0.353. The summed E-state index contributed by atoms with van der Waals surface area (Å²) in [6.07, 6.45) is 1.87. The predicted molar refractivity (Wildman–Crippen MR) is 111 cm³/mol. The van der Waals surface area contributed by atoms with Crippen LogP contribution in [-0.4, -0.2) is 24.0 Å². The van der Waals surface area contributed by atoms with Crippen molar-refractivity contribution in [2.45, 2.75) is 25.9 Å². The molecular formula is C17H17Br2ClN4O2. The molecular weight excluding hydrogens is 487 g/mol. The monoisotopic (exact) mass is 502 g/mol. The van der Waals surface area contributed by atoms with Gasteiger partial charge in [-0.1, -0.05) is 45.7 Å². The summed E-state index contributed by atoms with van der Waals surface area (Å²) in [5.74, 6) is 0. The first kappa shape index (κ1) is 19.4. The molecule has 1 aromatic carbocycles. The van der Waals surface area contributed by atoms with Crippen LogP contribution in [0.4, 0.5) is 0 Å². The molecule has 0 saturated carbocycles. The molecule has 26 heavy (non-hydrogen) atoms. The van der Waals surface area contributed by atoms with Gasteiger partial charge in [0.1, 0.15) is 0 Å². The van der Waals surface area contributed by atoms with Gasteiger partial charge < -0.3 is 4.57 Å². The van der Waals surface area contributed by atoms with E-state index < -0.39 is 5.69 Å². The lowest BCUT2D eigenvalue weighted by Gasteiger charge is -2.11. The summed E-state index contributed by atoms with van der Waals surface area (Å²) in [7, 11) is 1.62. The minimum absolute atomic E-state index is 0.116. The van der Waals surface area contributed by atoms with Gasteiger partial charge in [0.05, 0.1) is 6.54 Å². The van der Waals surface area contributed by atoms with E-state index in [9.17, 15) is 9.59 Å². The molecule has 0 aliphatic carbocycles. The van der Waals surface area contributed by atoms with E-state index in [1.807, 2.05) is 22.8 Å². The van der Waals surface area contributed by atoms with Crippen LogP contribution in [-0.2, 0) is 20.1 Å². The first-order chi connectivity index (χ1) is 12.5. The SMILES string of the molecule is Cn1c(=O)n(Cc2ccccc2Cl)c(=O)c2c1nc(Br)n2CCCCBr. The van der Waals surface area contributed by atoms with Gasteiger partial charge in [0.2, 0.25) is 0 Å². The second-order valence-electron chi connectivity index (χ2n) is 5.93. The van der Waals surface area contributed by atoms with Crippen LogP contribution in [0.2, 0.25) is 5.02 Å². The van der Waals surface area contributed by atoms with E-state index >= 15 is 0 Å². The third-order valence-corrected chi connectivity index (χ3v) is 5.77. The number of hydrogen-bond acceptors (Lipinski definition) is 3. The zero-order valence-corrected chi connectivity index (χ0v) is 18.0. The molecule has 0 radical (unpaired) electrons. The van der Waals surface area contributed by atoms with Crippen molar-refractivity contribution in [1.82, 2.24) is 18.7 Å². The smallest absolute Gasteiger partial charge is 0.313 e. The van der Waals surface area contributed by atoms with Crippen molar-refractivity contribution >= 4 is 54.6 Å². The van der Waals surface area contributed by atoms with Gasteiger partial charge >= 0.3 is 5.69 Å². The molecule has 0 fully saturated rings. The van der Waals surface area contributed by atoms with Gasteiger partial charge in [0, 0.05) is 23.9 Å². The zero-order chi connectivity index (χ0) is 18.8. The number of rotatable bonds is 6. The number of benzene rings is 1. The number of aromatic nitrogens is 4. The van der Waals surface area contributed by atoms with Crippen LogP contribution in [0, 0.1) is 0 Å². The predicted octanol–water partition coefficient (Wildman–Crippen LogP) is 3.54. The van der Waals surface area contributed by atoms with Crippen LogP contribution in [0.5, 0.6) is 0 Å². The molecule has 0 N–H and O–H groups in total. The fourth-order valence-electron chi connectivity index (χ4n) is 2.85. The Morgan fingerprint density at radius 3 is 2.58 bits per heavy atom. The highest BCUT2D eigenvalue weighted by Gasteiger charge is 2.19. The second-order valence-corrected chi connectivity index (χ2v) is 7.83. The zero-order valence-electron chi connectivity index (χ0n) is 14.1. The van der Waals surface area contributed by atoms with Crippen LogP contribution < -0.4 is 11.2 Å². The van der Waals surface area contributed by atoms with Crippen LogP contribution >= 0.6 is 43.5 Å². The Balaban J connectivity index is 2.18. The highest BCUT2D eigenvalue weighted by atomic mass is 79.9. The molecule has 138 valence electrons. The lowest BCUT2D eigenvalue weighted by Crippen LogP contribution is -2.40. The maximum absolute atomic E-state index is 13.1. The summed E-state index contributed by atoms with van der Waals surface area (Å²) in [5, 5.41) is 1.42. The maximum atomic E-state index is 13.1. The Labute approximate surface area is 171 Å². The molecule has 2 heterocycles. The van der Waals surface area contributed by atoms with Crippen molar-refractivity contribution in [3.8, 4) is 0 Å². The van der Waals surface area contributed by atoms with Crippen LogP contribution in [0.25, 0.3) is 11.2 Å². The standard InChI is InChI=1S/C17H17Br2ClN4O2/c1-22-14-13(23(16(19)21-14)9-5-4-8-18)15(25)24(17(22)26)10-11-6-2-3-7-12(11)20/h2-3,6-7H,4-5,8-10H2,1H3. The molecule has 3 aromatic rings. The van der Waals surface area contributed by atoms with Crippen LogP contribution in [0.1, 0.15) is 18.4 Å². The van der Waals surface area contributed by atoms with Gasteiger partial charge in [-0.05, 0) is 40.4 Å². The number of aryl methyl sites for hydroxylation is 2. The van der Waals surface area contributed by atoms with E-state index in [1.165, 1.54) is 9.13 Å². The van der Waals surface area contributed by atoms with Gasteiger partial charge in [-0.2, -0.15) is 0 Å². The average Bonchev–Trinajstić information content (AvgIpc) is 2.95. The summed E-state index contributed by atoms with van der Waals surface area (Å²) in [6.45, 7) is 0.757. The molecule has 6 nitrogen and oxygen atoms in total. The third kappa shape index (κ3) is 3.54. The van der Waals surface area contributed by atoms with E-state index in [2.05, 4.69) is 36.8 Å². The van der Waals surface area contributed by atoms with E-state index in [1.54, 1.807) is 13.1 Å². The minimum Gasteiger partial charge on any atom is -0.313 e. The normalized spacial score (nSPS) is 11.4. The topological polar surface area (TPSA) is 61.8 Å². The van der Waals surface area contributed by atoms with E-state index in [4.69, 9.17) is 11.6 Å². The number of nitrogens with zero attached hydrogens (tertiary/aromatic N) is 4. The van der Waals surface area contributed by atoms with Gasteiger partial charge in [-0.15, -0.1) is 0 Å². The minimum atomic E-state index is -0.417. The Morgan fingerprint density at radius 2 is 1.88 bits per heavy atom. The number of fused-ring (bicyclic) bond motifs is 1. The van der Waals surface area contributed by atoms with Gasteiger partial charge in [0.25, 0.3) is 5.56 Å². The summed E-state index contributed by atoms with van der Waals surface area (Å²) in [6, 6.07) is 7.19. The van der Waals surface area contributed by atoms with Crippen LogP contribution in [0.15, 0.2) is 38.6 Å². The second kappa shape index (κ2) is 8.10. The number of imidazole rings is 1. The van der Waals surface area contributed by atoms with Gasteiger partial charge in [-0.25, -0.2) is 9.78 Å². The van der Waals surface area contributed by atoms with E-state index in [0.717, 1.165) is 23.7 Å². The highest BCUT2D eigenvalue weighted by Crippen LogP contribution is 2.19. The Kier molecular flexibility index (Phi) is 6.04. The molecule has 0 bridgehead atoms. The lowest BCUT2D eigenvalue weighted by atomic mass is 10.2. The number of unbranched alkanes of at least 4 members (excludes halogenated alkanes) is 1. The molecule has 2 aromatic heterocycles. The first-order valence-electron chi connectivity index (χ1n) is 8.10. The van der Waals surface area contributed by atoms with Crippen molar-refractivity contribution in [3.63, 3.8) is 0 Å². The van der Waals surface area contributed by atoms with Crippen LogP contribution in [0.3, 0.4) is 0 Å². The molecule has 0 aliphatic heterocycles. The Bertz CT molecular complexity index is 1070. The number of alkyl halides is 1. The lowest BCUT2D eigenvalue weighted by molar-refractivity contribution is 0.624. The van der Waals surface area contributed by atoms with Crippen molar-refractivity contribution < 1.29 is 0 Å². The summed E-state index contributed by atoms with van der Waals surface area (Å²) in [5.41, 5.74) is 0.735. The van der Waals surface area contributed by atoms with Crippen molar-refractivity contribution in [2.75, 3.05) is 5.33 Å². The first-order valence-corrected chi connectivity index (χ1v) is 10.4. The van der Waals surface area contributed by atoms with Crippen molar-refractivity contribution in [2.24, 2.45) is 7.05 Å². The molecule has 0 saturated heterocycles. The molecule has 0 atom stereocenters. The van der Waals surface area contributed by atoms with E-state index in [-0.39, 0.29) is 12.1 Å². The van der Waals surface area contributed by atoms with E-state index in [0.29, 0.717) is 27.5 Å². The molecule has 0 aliphatic rings. The molecule has 3 rings (SSSR count). The largest absolute Gasteiger partial charge is 0.332 e. The molecule has 0 unspecified atom stereocenters. The summed E-state index contributed by atoms with van der Waals surface area (Å²) >= 11 is 13.0. The summed E-state index contributed by atoms with van der Waals surface area (Å²) in [4.78, 5) is 30.2. The van der Waals surface area contributed by atoms with Crippen molar-refractivity contribution in [1.29, 1.82) is 0 Å². The number of hydrogen-bond donors (Lipinski definition) is 0. The Hall–Kier alpha value is -1.38. The maximum Gasteiger partial charge on any atom is 0.332 e. The highest BCUT2D eigenvalue weighted by molar-refractivity contribution is 9.10. The fourth-order valence-corrected chi connectivity index (χ4v) is 3.96. The Morgan fingerprint density at radius 1 is 1.15 bits per heavy atom. The number of halogens is 3. The quantitative estimate of drug-likeness (QED) is 0.293. The van der Waals surface area contributed by atoms with Gasteiger partial charge in [-0.3, -0.25) is 13.9 Å². The molecule has 9 heteroatoms. The molecule has 0 amide bonds. The third-order valence-electron chi connectivity index (χ3n) is 4.24. The van der Waals surface area contributed by atoms with Gasteiger partial charge in [0.15, 0.2) is 15.9 Å².